The molecule has 21 heavy (non-hydrogen) atoms. The minimum atomic E-state index is -4.60. The Morgan fingerprint density at radius 1 is 1.19 bits per heavy atom. The molecule has 0 aliphatic carbocycles. The molecular weight excluding hydrogens is 317 g/mol. The molecule has 1 atom stereocenters. The Kier molecular flexibility index (Phi) is 5.11. The van der Waals surface area contributed by atoms with Crippen LogP contribution in [0.3, 0.4) is 0 Å². The van der Waals surface area contributed by atoms with Crippen LogP contribution in [-0.4, -0.2) is 59.4 Å². The second-order valence-electron chi connectivity index (χ2n) is 4.86. The Labute approximate surface area is 120 Å². The number of hydrogen-bond acceptors (Lipinski definition) is 5. The molecule has 0 aromatic heterocycles. The first-order valence-electron chi connectivity index (χ1n) is 6.40. The molecule has 0 amide bonds. The molecule has 0 saturated carbocycles. The lowest BCUT2D eigenvalue weighted by Gasteiger charge is -2.31. The molecule has 0 aromatic carbocycles. The van der Waals surface area contributed by atoms with Gasteiger partial charge in [-0.1, -0.05) is 0 Å². The predicted molar refractivity (Wildman–Crippen MR) is 64.6 cm³/mol. The molecule has 1 unspecified atom stereocenters. The largest absolute Gasteiger partial charge is 0.402 e. The van der Waals surface area contributed by atoms with Crippen LogP contribution in [0.25, 0.3) is 0 Å². The van der Waals surface area contributed by atoms with Gasteiger partial charge in [-0.2, -0.15) is 31.0 Å². The molecule has 2 saturated heterocycles. The van der Waals surface area contributed by atoms with Gasteiger partial charge in [-0.25, -0.2) is 0 Å². The third kappa shape index (κ3) is 5.34. The van der Waals surface area contributed by atoms with Gasteiger partial charge in [0.15, 0.2) is 5.79 Å². The second kappa shape index (κ2) is 6.34. The lowest BCUT2D eigenvalue weighted by Crippen LogP contribution is -2.45. The van der Waals surface area contributed by atoms with E-state index in [4.69, 9.17) is 14.2 Å². The summed E-state index contributed by atoms with van der Waals surface area (Å²) < 4.78 is 78.4. The van der Waals surface area contributed by atoms with Crippen LogP contribution in [0.15, 0.2) is 0 Å². The highest BCUT2D eigenvalue weighted by atomic mass is 32.2. The molecule has 2 N–H and O–H groups in total. The second-order valence-corrected chi connectivity index (χ2v) is 6.45. The SMILES string of the molecule is O=S(=O)(NCC1COC2(CCOCC2)O1)NCC(F)(F)F. The quantitative estimate of drug-likeness (QED) is 0.733. The van der Waals surface area contributed by atoms with E-state index >= 15 is 0 Å². The zero-order chi connectivity index (χ0) is 15.6. The average molecular weight is 334 g/mol. The van der Waals surface area contributed by atoms with Crippen molar-refractivity contribution < 1.29 is 35.8 Å². The number of ether oxygens (including phenoxy) is 3. The van der Waals surface area contributed by atoms with Gasteiger partial charge in [-0.15, -0.1) is 0 Å². The van der Waals surface area contributed by atoms with Crippen molar-refractivity contribution in [3.8, 4) is 0 Å². The van der Waals surface area contributed by atoms with E-state index in [2.05, 4.69) is 0 Å². The highest BCUT2D eigenvalue weighted by molar-refractivity contribution is 7.87. The van der Waals surface area contributed by atoms with Gasteiger partial charge in [0.1, 0.15) is 6.54 Å². The van der Waals surface area contributed by atoms with Crippen LogP contribution in [0.5, 0.6) is 0 Å². The summed E-state index contributed by atoms with van der Waals surface area (Å²) in [4.78, 5) is 0. The molecule has 11 heteroatoms. The van der Waals surface area contributed by atoms with Gasteiger partial charge in [-0.05, 0) is 0 Å². The lowest BCUT2D eigenvalue weighted by molar-refractivity contribution is -0.210. The van der Waals surface area contributed by atoms with Crippen LogP contribution in [0.4, 0.5) is 13.2 Å². The molecular formula is C10H17F3N2O5S. The summed E-state index contributed by atoms with van der Waals surface area (Å²) in [6, 6.07) is 0. The van der Waals surface area contributed by atoms with Crippen LogP contribution in [0, 0.1) is 0 Å². The molecule has 0 aromatic rings. The smallest absolute Gasteiger partial charge is 0.381 e. The van der Waals surface area contributed by atoms with Crippen molar-refractivity contribution in [2.24, 2.45) is 0 Å². The monoisotopic (exact) mass is 334 g/mol. The van der Waals surface area contributed by atoms with Crippen molar-refractivity contribution in [2.45, 2.75) is 30.9 Å². The van der Waals surface area contributed by atoms with Crippen LogP contribution in [-0.2, 0) is 24.4 Å². The van der Waals surface area contributed by atoms with Crippen molar-refractivity contribution in [1.82, 2.24) is 9.44 Å². The molecule has 2 aliphatic heterocycles. The highest BCUT2D eigenvalue weighted by Gasteiger charge is 2.43. The third-order valence-corrected chi connectivity index (χ3v) is 4.20. The maximum atomic E-state index is 12.0. The standard InChI is InChI=1S/C10H17F3N2O5S/c11-10(12,13)7-15-21(16,17)14-5-8-6-19-9(20-8)1-3-18-4-2-9/h8,14-15H,1-7H2. The number of nitrogens with one attached hydrogen (secondary N) is 2. The molecule has 2 rings (SSSR count). The normalized spacial score (nSPS) is 26.3. The van der Waals surface area contributed by atoms with E-state index < -0.39 is 34.8 Å². The maximum absolute atomic E-state index is 12.0. The van der Waals surface area contributed by atoms with Crippen molar-refractivity contribution in [3.05, 3.63) is 0 Å². The van der Waals surface area contributed by atoms with Gasteiger partial charge >= 0.3 is 6.18 Å². The van der Waals surface area contributed by atoms with Crippen molar-refractivity contribution >= 4 is 10.2 Å². The van der Waals surface area contributed by atoms with Crippen LogP contribution in [0.1, 0.15) is 12.8 Å². The number of rotatable bonds is 5. The topological polar surface area (TPSA) is 85.9 Å². The minimum Gasteiger partial charge on any atom is -0.381 e. The Hall–Kier alpha value is -0.460. The van der Waals surface area contributed by atoms with Crippen molar-refractivity contribution in [1.29, 1.82) is 0 Å². The highest BCUT2D eigenvalue weighted by Crippen LogP contribution is 2.32. The molecule has 0 radical (unpaired) electrons. The predicted octanol–water partition coefficient (Wildman–Crippen LogP) is -0.105. The molecule has 0 bridgehead atoms. The van der Waals surface area contributed by atoms with Gasteiger partial charge in [0.05, 0.1) is 25.9 Å². The summed E-state index contributed by atoms with van der Waals surface area (Å²) in [6.45, 7) is -0.611. The zero-order valence-electron chi connectivity index (χ0n) is 11.1. The van der Waals surface area contributed by atoms with Crippen LogP contribution >= 0.6 is 0 Å². The summed E-state index contributed by atoms with van der Waals surface area (Å²) >= 11 is 0. The maximum Gasteiger partial charge on any atom is 0.402 e. The fourth-order valence-corrected chi connectivity index (χ4v) is 2.95. The lowest BCUT2D eigenvalue weighted by atomic mass is 10.1. The van der Waals surface area contributed by atoms with Crippen LogP contribution in [0.2, 0.25) is 0 Å². The van der Waals surface area contributed by atoms with E-state index in [1.54, 1.807) is 0 Å². The van der Waals surface area contributed by atoms with E-state index in [1.165, 1.54) is 4.72 Å². The molecule has 7 nitrogen and oxygen atoms in total. The Balaban J connectivity index is 1.76. The van der Waals surface area contributed by atoms with E-state index in [0.29, 0.717) is 26.1 Å². The number of halogens is 3. The first-order chi connectivity index (χ1) is 9.70. The average Bonchev–Trinajstić information content (AvgIpc) is 2.78. The van der Waals surface area contributed by atoms with E-state index in [1.807, 2.05) is 4.72 Å². The summed E-state index contributed by atoms with van der Waals surface area (Å²) in [6.07, 6.45) is -4.05. The first-order valence-corrected chi connectivity index (χ1v) is 7.89. The summed E-state index contributed by atoms with van der Waals surface area (Å²) in [5, 5.41) is 0. The van der Waals surface area contributed by atoms with Gasteiger partial charge < -0.3 is 14.2 Å². The van der Waals surface area contributed by atoms with Crippen LogP contribution < -0.4 is 9.44 Å². The van der Waals surface area contributed by atoms with Crippen molar-refractivity contribution in [3.63, 3.8) is 0 Å². The molecule has 2 fully saturated rings. The van der Waals surface area contributed by atoms with E-state index in [-0.39, 0.29) is 13.2 Å². The summed E-state index contributed by atoms with van der Waals surface area (Å²) in [7, 11) is -4.22. The van der Waals surface area contributed by atoms with Gasteiger partial charge in [0.25, 0.3) is 10.2 Å². The Morgan fingerprint density at radius 3 is 2.48 bits per heavy atom. The molecule has 124 valence electrons. The Morgan fingerprint density at radius 2 is 1.86 bits per heavy atom. The van der Waals surface area contributed by atoms with Gasteiger partial charge in [0.2, 0.25) is 0 Å². The fraction of sp³-hybridized carbons (Fsp3) is 1.00. The number of alkyl halides is 3. The minimum absolute atomic E-state index is 0.157. The molecule has 2 aliphatic rings. The molecule has 1 spiro atoms. The summed E-state index contributed by atoms with van der Waals surface area (Å²) in [5.74, 6) is -0.756. The van der Waals surface area contributed by atoms with Gasteiger partial charge in [0, 0.05) is 19.4 Å². The van der Waals surface area contributed by atoms with E-state index in [0.717, 1.165) is 0 Å². The van der Waals surface area contributed by atoms with Crippen molar-refractivity contribution in [2.75, 3.05) is 32.9 Å². The Bertz CT molecular complexity index is 450. The summed E-state index contributed by atoms with van der Waals surface area (Å²) in [5.41, 5.74) is 0. The third-order valence-electron chi connectivity index (χ3n) is 3.13. The first kappa shape index (κ1) is 16.9. The van der Waals surface area contributed by atoms with E-state index in [9.17, 15) is 21.6 Å². The van der Waals surface area contributed by atoms with Gasteiger partial charge in [-0.3, -0.25) is 0 Å². The number of hydrogen-bond donors (Lipinski definition) is 2. The zero-order valence-corrected chi connectivity index (χ0v) is 11.9. The molecule has 2 heterocycles. The fourth-order valence-electron chi connectivity index (χ4n) is 2.09.